The predicted molar refractivity (Wildman–Crippen MR) is 229 cm³/mol. The van der Waals surface area contributed by atoms with Gasteiger partial charge in [0.1, 0.15) is 0 Å². The molecular formula is C43H50N12O4. The van der Waals surface area contributed by atoms with Gasteiger partial charge in [-0.25, -0.2) is 9.97 Å². The van der Waals surface area contributed by atoms with Gasteiger partial charge in [-0.05, 0) is 73.5 Å². The Labute approximate surface area is 343 Å². The summed E-state index contributed by atoms with van der Waals surface area (Å²) in [7, 11) is 0. The normalized spacial score (nSPS) is 14.5. The maximum atomic E-state index is 12.4. The lowest BCUT2D eigenvalue weighted by Gasteiger charge is -2.26. The molecule has 0 bridgehead atoms. The SMILES string of the molecule is Cc1ccc(NC(=O)CCN2CCNCC2)cc1Nc1ncc(-c2cccnc2)o1.Cc1ccc(NC(=O)CN2CCNCC2)cc1Nc1ncc(-c2cccnc2)o1. The van der Waals surface area contributed by atoms with Crippen LogP contribution in [0.5, 0.6) is 0 Å². The zero-order valence-electron chi connectivity index (χ0n) is 33.3. The molecule has 2 amide bonds. The zero-order chi connectivity index (χ0) is 40.8. The molecule has 0 atom stereocenters. The first kappa shape index (κ1) is 40.7. The number of aromatic nitrogens is 4. The Balaban J connectivity index is 0.000000179. The zero-order valence-corrected chi connectivity index (χ0v) is 33.3. The molecule has 8 rings (SSSR count). The van der Waals surface area contributed by atoms with E-state index in [2.05, 4.69) is 61.6 Å². The first-order chi connectivity index (χ1) is 28.8. The van der Waals surface area contributed by atoms with Crippen molar-refractivity contribution < 1.29 is 18.4 Å². The summed E-state index contributed by atoms with van der Waals surface area (Å²) >= 11 is 0. The van der Waals surface area contributed by atoms with Crippen molar-refractivity contribution in [3.05, 3.63) is 109 Å². The Bertz CT molecular complexity index is 2270. The Hall–Kier alpha value is -6.46. The number of rotatable bonds is 13. The van der Waals surface area contributed by atoms with Crippen molar-refractivity contribution in [1.82, 2.24) is 40.4 Å². The number of amides is 2. The number of hydrogen-bond acceptors (Lipinski definition) is 14. The van der Waals surface area contributed by atoms with Gasteiger partial charge in [0.2, 0.25) is 11.8 Å². The molecule has 6 N–H and O–H groups in total. The van der Waals surface area contributed by atoms with Crippen LogP contribution in [0, 0.1) is 13.8 Å². The highest BCUT2D eigenvalue weighted by atomic mass is 16.4. The third-order valence-electron chi connectivity index (χ3n) is 9.87. The largest absolute Gasteiger partial charge is 0.423 e. The molecule has 2 aliphatic rings. The molecule has 4 aromatic heterocycles. The maximum Gasteiger partial charge on any atom is 0.299 e. The smallest absolute Gasteiger partial charge is 0.299 e. The van der Waals surface area contributed by atoms with Crippen molar-refractivity contribution in [2.45, 2.75) is 20.3 Å². The summed E-state index contributed by atoms with van der Waals surface area (Å²) in [5.41, 5.74) is 6.89. The van der Waals surface area contributed by atoms with E-state index >= 15 is 0 Å². The third kappa shape index (κ3) is 12.0. The number of aryl methyl sites for hydroxylation is 2. The van der Waals surface area contributed by atoms with E-state index in [1.807, 2.05) is 74.5 Å². The van der Waals surface area contributed by atoms with Crippen molar-refractivity contribution in [2.75, 3.05) is 86.7 Å². The van der Waals surface area contributed by atoms with Crippen LogP contribution in [0.15, 0.2) is 107 Å². The number of oxazole rings is 2. The fourth-order valence-electron chi connectivity index (χ4n) is 6.54. The van der Waals surface area contributed by atoms with E-state index in [-0.39, 0.29) is 11.8 Å². The van der Waals surface area contributed by atoms with Gasteiger partial charge in [0.15, 0.2) is 11.5 Å². The van der Waals surface area contributed by atoms with Gasteiger partial charge in [0.25, 0.3) is 12.0 Å². The second-order valence-electron chi connectivity index (χ2n) is 14.3. The summed E-state index contributed by atoms with van der Waals surface area (Å²) in [4.78, 5) is 46.0. The van der Waals surface area contributed by atoms with E-state index in [1.165, 1.54) is 0 Å². The minimum atomic E-state index is -0.0170. The van der Waals surface area contributed by atoms with Crippen LogP contribution in [0.25, 0.3) is 22.6 Å². The standard InChI is InChI=1S/C22H26N6O2.C21H24N6O2/c1-16-4-5-18(26-21(29)6-10-28-11-8-23-9-12-28)13-19(16)27-22-25-15-20(30-22)17-3-2-7-24-14-17;1-15-4-5-17(25-20(28)14-27-9-7-22-8-10-27)11-18(15)26-21-24-13-19(29-21)16-3-2-6-23-12-16/h2-5,7,13-15,23H,6,8-12H2,1H3,(H,25,27)(H,26,29);2-6,11-13,22H,7-10,14H2,1H3,(H,24,26)(H,25,28). The fraction of sp³-hybridized carbons (Fsp3) is 0.302. The summed E-state index contributed by atoms with van der Waals surface area (Å²) in [6, 6.07) is 19.8. The highest BCUT2D eigenvalue weighted by Crippen LogP contribution is 2.29. The van der Waals surface area contributed by atoms with Gasteiger partial charge in [-0.3, -0.25) is 24.5 Å². The monoisotopic (exact) mass is 798 g/mol. The number of carbonyl (C=O) groups excluding carboxylic acids is 2. The number of hydrogen-bond donors (Lipinski definition) is 6. The Morgan fingerprint density at radius 1 is 0.644 bits per heavy atom. The number of anilines is 6. The van der Waals surface area contributed by atoms with Crippen molar-refractivity contribution in [1.29, 1.82) is 0 Å². The number of piperazine rings is 2. The van der Waals surface area contributed by atoms with Crippen LogP contribution in [0.3, 0.4) is 0 Å². The summed E-state index contributed by atoms with van der Waals surface area (Å²) in [5, 5.41) is 18.9. The lowest BCUT2D eigenvalue weighted by molar-refractivity contribution is -0.117. The summed E-state index contributed by atoms with van der Waals surface area (Å²) in [5.74, 6) is 1.27. The Morgan fingerprint density at radius 2 is 1.14 bits per heavy atom. The number of nitrogens with one attached hydrogen (secondary N) is 6. The number of pyridine rings is 2. The van der Waals surface area contributed by atoms with Gasteiger partial charge in [0, 0.05) is 124 Å². The van der Waals surface area contributed by atoms with E-state index in [1.54, 1.807) is 37.2 Å². The van der Waals surface area contributed by atoms with Crippen molar-refractivity contribution >= 4 is 46.6 Å². The van der Waals surface area contributed by atoms with Crippen LogP contribution in [-0.4, -0.2) is 107 Å². The highest BCUT2D eigenvalue weighted by molar-refractivity contribution is 5.93. The Morgan fingerprint density at radius 3 is 1.63 bits per heavy atom. The van der Waals surface area contributed by atoms with E-state index in [0.29, 0.717) is 36.5 Å². The van der Waals surface area contributed by atoms with E-state index in [9.17, 15) is 9.59 Å². The second kappa shape index (κ2) is 20.3. The molecule has 0 spiro atoms. The quantitative estimate of drug-likeness (QED) is 0.0840. The molecule has 0 aliphatic carbocycles. The van der Waals surface area contributed by atoms with Gasteiger partial charge >= 0.3 is 0 Å². The number of nitrogens with zero attached hydrogens (tertiary/aromatic N) is 6. The van der Waals surface area contributed by atoms with E-state index in [0.717, 1.165) is 104 Å². The first-order valence-electron chi connectivity index (χ1n) is 19.8. The van der Waals surface area contributed by atoms with Crippen molar-refractivity contribution in [3.8, 4) is 22.6 Å². The maximum absolute atomic E-state index is 12.4. The molecular weight excluding hydrogens is 749 g/mol. The summed E-state index contributed by atoms with van der Waals surface area (Å²) in [6.07, 6.45) is 10.7. The van der Waals surface area contributed by atoms with Crippen LogP contribution >= 0.6 is 0 Å². The predicted octanol–water partition coefficient (Wildman–Crippen LogP) is 5.65. The fourth-order valence-corrected chi connectivity index (χ4v) is 6.54. The van der Waals surface area contributed by atoms with Crippen molar-refractivity contribution in [2.24, 2.45) is 0 Å². The molecule has 6 aromatic rings. The van der Waals surface area contributed by atoms with Gasteiger partial charge in [-0.15, -0.1) is 0 Å². The minimum absolute atomic E-state index is 0.0123. The molecule has 2 saturated heterocycles. The second-order valence-corrected chi connectivity index (χ2v) is 14.3. The average molecular weight is 799 g/mol. The lowest BCUT2D eigenvalue weighted by atomic mass is 10.1. The van der Waals surface area contributed by atoms with Crippen LogP contribution in [0.2, 0.25) is 0 Å². The average Bonchev–Trinajstić information content (AvgIpc) is 3.94. The van der Waals surface area contributed by atoms with Crippen LogP contribution in [-0.2, 0) is 9.59 Å². The summed E-state index contributed by atoms with van der Waals surface area (Å²) < 4.78 is 11.6. The van der Waals surface area contributed by atoms with Gasteiger partial charge < -0.3 is 45.6 Å². The lowest BCUT2D eigenvalue weighted by Crippen LogP contribution is -2.46. The van der Waals surface area contributed by atoms with Crippen LogP contribution < -0.4 is 31.9 Å². The molecule has 0 radical (unpaired) electrons. The molecule has 16 heteroatoms. The molecule has 306 valence electrons. The number of carbonyl (C=O) groups is 2. The van der Waals surface area contributed by atoms with Gasteiger partial charge in [-0.1, -0.05) is 12.1 Å². The molecule has 2 fully saturated rings. The van der Waals surface area contributed by atoms with Gasteiger partial charge in [-0.2, -0.15) is 0 Å². The third-order valence-corrected chi connectivity index (χ3v) is 9.87. The molecule has 0 unspecified atom stereocenters. The van der Waals surface area contributed by atoms with Gasteiger partial charge in [0.05, 0.1) is 18.9 Å². The first-order valence-corrected chi connectivity index (χ1v) is 19.8. The van der Waals surface area contributed by atoms with E-state index in [4.69, 9.17) is 8.83 Å². The number of benzene rings is 2. The molecule has 2 aliphatic heterocycles. The molecule has 6 heterocycles. The van der Waals surface area contributed by atoms with Crippen LogP contribution in [0.1, 0.15) is 17.5 Å². The molecule has 59 heavy (non-hydrogen) atoms. The van der Waals surface area contributed by atoms with Crippen LogP contribution in [0.4, 0.5) is 34.8 Å². The molecule has 16 nitrogen and oxygen atoms in total. The Kier molecular flexibility index (Phi) is 14.0. The molecule has 2 aromatic carbocycles. The topological polar surface area (TPSA) is 191 Å². The van der Waals surface area contributed by atoms with E-state index < -0.39 is 0 Å². The summed E-state index contributed by atoms with van der Waals surface area (Å²) in [6.45, 7) is 12.7. The highest BCUT2D eigenvalue weighted by Gasteiger charge is 2.16. The van der Waals surface area contributed by atoms with Crippen molar-refractivity contribution in [3.63, 3.8) is 0 Å². The molecule has 0 saturated carbocycles. The minimum Gasteiger partial charge on any atom is -0.423 e.